The van der Waals surface area contributed by atoms with Gasteiger partial charge in [-0.3, -0.25) is 14.5 Å². The number of nitrogens with zero attached hydrogens (tertiary/aromatic N) is 1. The number of halogens is 1. The van der Waals surface area contributed by atoms with Gasteiger partial charge in [-0.1, -0.05) is 70.2 Å². The van der Waals surface area contributed by atoms with Crippen LogP contribution in [0.1, 0.15) is 11.1 Å². The van der Waals surface area contributed by atoms with Gasteiger partial charge in [-0.2, -0.15) is 0 Å². The molecule has 0 spiro atoms. The fourth-order valence-corrected chi connectivity index (χ4v) is 3.66. The number of amides is 2. The minimum Gasteiger partial charge on any atom is -0.273 e. The van der Waals surface area contributed by atoms with E-state index in [4.69, 9.17) is 0 Å². The van der Waals surface area contributed by atoms with Crippen LogP contribution in [-0.4, -0.2) is 21.3 Å². The molecule has 1 heterocycles. The Morgan fingerprint density at radius 1 is 0.955 bits per heavy atom. The van der Waals surface area contributed by atoms with Crippen LogP contribution in [0.4, 0.5) is 4.79 Å². The molecule has 0 N–H and O–H groups in total. The number of benzene rings is 2. The lowest BCUT2D eigenvalue weighted by Crippen LogP contribution is -2.31. The number of carbonyl (C=O) groups excluding carboxylic acids is 2. The lowest BCUT2D eigenvalue weighted by molar-refractivity contribution is -0.127. The van der Waals surface area contributed by atoms with Crippen molar-refractivity contribution >= 4 is 38.8 Å². The summed E-state index contributed by atoms with van der Waals surface area (Å²) in [5.74, 6) is -0.0956. The van der Waals surface area contributed by atoms with Gasteiger partial charge in [-0.25, -0.2) is 0 Å². The summed E-state index contributed by atoms with van der Waals surface area (Å²) in [5.41, 5.74) is 2.03. The normalized spacial score (nSPS) is 18.0. The summed E-state index contributed by atoms with van der Waals surface area (Å²) < 4.78 is 0.978. The third-order valence-electron chi connectivity index (χ3n) is 3.52. The van der Waals surface area contributed by atoms with Crippen LogP contribution < -0.4 is 0 Å². The van der Waals surface area contributed by atoms with Gasteiger partial charge in [0.05, 0.1) is 11.8 Å². The number of rotatable bonds is 4. The smallest absolute Gasteiger partial charge is 0.273 e. The zero-order valence-corrected chi connectivity index (χ0v) is 14.1. The van der Waals surface area contributed by atoms with E-state index >= 15 is 0 Å². The van der Waals surface area contributed by atoms with Crippen LogP contribution >= 0.6 is 27.7 Å². The monoisotopic (exact) mass is 375 g/mol. The number of carbonyl (C=O) groups is 2. The SMILES string of the molecule is O=C1S[C@@H](Cc2ccccc2)C(=O)N1Cc1ccc(Br)cc1. The minimum absolute atomic E-state index is 0.0956. The highest BCUT2D eigenvalue weighted by atomic mass is 79.9. The predicted molar refractivity (Wildman–Crippen MR) is 91.6 cm³/mol. The maximum Gasteiger partial charge on any atom is 0.289 e. The quantitative estimate of drug-likeness (QED) is 0.801. The Bertz CT molecular complexity index is 688. The van der Waals surface area contributed by atoms with E-state index in [-0.39, 0.29) is 16.4 Å². The highest BCUT2D eigenvalue weighted by molar-refractivity contribution is 9.10. The zero-order valence-electron chi connectivity index (χ0n) is 11.7. The van der Waals surface area contributed by atoms with E-state index in [2.05, 4.69) is 15.9 Å². The average Bonchev–Trinajstić information content (AvgIpc) is 2.78. The molecular weight excluding hydrogens is 362 g/mol. The largest absolute Gasteiger partial charge is 0.289 e. The number of hydrogen-bond donors (Lipinski definition) is 0. The Morgan fingerprint density at radius 2 is 1.64 bits per heavy atom. The van der Waals surface area contributed by atoms with E-state index in [9.17, 15) is 9.59 Å². The Hall–Kier alpha value is -1.59. The zero-order chi connectivity index (χ0) is 15.5. The van der Waals surface area contributed by atoms with E-state index in [1.165, 1.54) is 4.90 Å². The van der Waals surface area contributed by atoms with Gasteiger partial charge in [0.1, 0.15) is 0 Å². The average molecular weight is 376 g/mol. The van der Waals surface area contributed by atoms with Gasteiger partial charge in [0.15, 0.2) is 0 Å². The van der Waals surface area contributed by atoms with Crippen molar-refractivity contribution in [2.45, 2.75) is 18.2 Å². The van der Waals surface area contributed by atoms with E-state index in [0.29, 0.717) is 13.0 Å². The molecule has 2 aromatic rings. The number of imide groups is 1. The molecular formula is C17H14BrNO2S. The molecule has 1 atom stereocenters. The first kappa shape index (κ1) is 15.3. The maximum atomic E-state index is 12.5. The van der Waals surface area contributed by atoms with Crippen LogP contribution in [0.15, 0.2) is 59.1 Å². The van der Waals surface area contributed by atoms with Gasteiger partial charge in [-0.15, -0.1) is 0 Å². The predicted octanol–water partition coefficient (Wildman–Crippen LogP) is 4.26. The molecule has 3 rings (SSSR count). The Kier molecular flexibility index (Phi) is 4.64. The van der Waals surface area contributed by atoms with Crippen molar-refractivity contribution in [1.29, 1.82) is 0 Å². The summed E-state index contributed by atoms with van der Waals surface area (Å²) in [4.78, 5) is 25.9. The molecule has 0 saturated carbocycles. The van der Waals surface area contributed by atoms with Gasteiger partial charge in [0, 0.05) is 4.47 Å². The summed E-state index contributed by atoms with van der Waals surface area (Å²) in [6, 6.07) is 17.5. The third-order valence-corrected chi connectivity index (χ3v) is 5.13. The van der Waals surface area contributed by atoms with Crippen molar-refractivity contribution in [2.75, 3.05) is 0 Å². The van der Waals surface area contributed by atoms with E-state index in [1.807, 2.05) is 54.6 Å². The molecule has 2 aromatic carbocycles. The van der Waals surface area contributed by atoms with E-state index < -0.39 is 0 Å². The Balaban J connectivity index is 1.70. The van der Waals surface area contributed by atoms with Crippen molar-refractivity contribution in [1.82, 2.24) is 4.90 Å². The van der Waals surface area contributed by atoms with Crippen LogP contribution in [0.25, 0.3) is 0 Å². The number of thioether (sulfide) groups is 1. The molecule has 1 fully saturated rings. The first-order valence-corrected chi connectivity index (χ1v) is 8.61. The summed E-state index contributed by atoms with van der Waals surface area (Å²) >= 11 is 4.50. The maximum absolute atomic E-state index is 12.5. The molecule has 2 amide bonds. The molecule has 0 bridgehead atoms. The van der Waals surface area contributed by atoms with E-state index in [0.717, 1.165) is 27.4 Å². The molecule has 0 aliphatic carbocycles. The Morgan fingerprint density at radius 3 is 2.32 bits per heavy atom. The van der Waals surface area contributed by atoms with Crippen LogP contribution in [0.5, 0.6) is 0 Å². The second kappa shape index (κ2) is 6.67. The molecule has 3 nitrogen and oxygen atoms in total. The standard InChI is InChI=1S/C17H14BrNO2S/c18-14-8-6-13(7-9-14)11-19-16(20)15(22-17(19)21)10-12-4-2-1-3-5-12/h1-9,15H,10-11H2/t15-/m0/s1. The molecule has 5 heteroatoms. The first-order chi connectivity index (χ1) is 10.6. The molecule has 112 valence electrons. The van der Waals surface area contributed by atoms with Crippen LogP contribution in [-0.2, 0) is 17.8 Å². The topological polar surface area (TPSA) is 37.4 Å². The highest BCUT2D eigenvalue weighted by Gasteiger charge is 2.39. The van der Waals surface area contributed by atoms with Crippen LogP contribution in [0.3, 0.4) is 0 Å². The van der Waals surface area contributed by atoms with Gasteiger partial charge in [0.25, 0.3) is 5.24 Å². The minimum atomic E-state index is -0.314. The molecule has 1 saturated heterocycles. The lowest BCUT2D eigenvalue weighted by Gasteiger charge is -2.14. The fourth-order valence-electron chi connectivity index (χ4n) is 2.37. The summed E-state index contributed by atoms with van der Waals surface area (Å²) in [6.45, 7) is 0.337. The van der Waals surface area contributed by atoms with Gasteiger partial charge < -0.3 is 0 Å². The second-order valence-corrected chi connectivity index (χ2v) is 7.18. The van der Waals surface area contributed by atoms with Crippen molar-refractivity contribution < 1.29 is 9.59 Å². The molecule has 0 radical (unpaired) electrons. The summed E-state index contributed by atoms with van der Waals surface area (Å²) in [6.07, 6.45) is 0.590. The van der Waals surface area contributed by atoms with Crippen molar-refractivity contribution in [3.63, 3.8) is 0 Å². The molecule has 0 unspecified atom stereocenters. The Labute approximate surface area is 141 Å². The second-order valence-electron chi connectivity index (χ2n) is 5.11. The molecule has 22 heavy (non-hydrogen) atoms. The van der Waals surface area contributed by atoms with Crippen molar-refractivity contribution in [2.24, 2.45) is 0 Å². The number of hydrogen-bond acceptors (Lipinski definition) is 3. The highest BCUT2D eigenvalue weighted by Crippen LogP contribution is 2.30. The summed E-state index contributed by atoms with van der Waals surface area (Å²) in [5, 5.41) is -0.473. The molecule has 0 aromatic heterocycles. The first-order valence-electron chi connectivity index (χ1n) is 6.94. The van der Waals surface area contributed by atoms with E-state index in [1.54, 1.807) is 0 Å². The summed E-state index contributed by atoms with van der Waals surface area (Å²) in [7, 11) is 0. The van der Waals surface area contributed by atoms with Gasteiger partial charge >= 0.3 is 0 Å². The van der Waals surface area contributed by atoms with Gasteiger partial charge in [0.2, 0.25) is 5.91 Å². The van der Waals surface area contributed by atoms with Crippen molar-refractivity contribution in [3.05, 3.63) is 70.2 Å². The van der Waals surface area contributed by atoms with Gasteiger partial charge in [-0.05, 0) is 29.7 Å². The molecule has 1 aliphatic rings. The third kappa shape index (κ3) is 3.42. The molecule has 1 aliphatic heterocycles. The van der Waals surface area contributed by atoms with Crippen LogP contribution in [0, 0.1) is 0 Å². The lowest BCUT2D eigenvalue weighted by atomic mass is 10.1. The fraction of sp³-hybridized carbons (Fsp3) is 0.176. The van der Waals surface area contributed by atoms with Crippen LogP contribution in [0.2, 0.25) is 0 Å². The van der Waals surface area contributed by atoms with Crippen molar-refractivity contribution in [3.8, 4) is 0 Å².